The van der Waals surface area contributed by atoms with E-state index in [4.69, 9.17) is 4.74 Å². The number of nitrogens with one attached hydrogen (secondary N) is 1. The first kappa shape index (κ1) is 22.7. The first-order valence-corrected chi connectivity index (χ1v) is 10.3. The summed E-state index contributed by atoms with van der Waals surface area (Å²) in [5.41, 5.74) is 2.85. The number of amides is 4. The first-order chi connectivity index (χ1) is 16.2. The molecule has 172 valence electrons. The standard InChI is InChI=1S/C25H20FN3O5/c1-14-10-17(15(2)28(14)19-8-4-6-16(11-19)24(32)34-3)12-21-22(30)27-25(33)29(23(21)31)20-9-5-7-18(26)13-20/h4-13H,1-3H3,(H,27,30,33)/b21-12+. The molecule has 3 aromatic rings. The van der Waals surface area contributed by atoms with E-state index in [2.05, 4.69) is 5.32 Å². The second-order valence-corrected chi connectivity index (χ2v) is 7.64. The van der Waals surface area contributed by atoms with Gasteiger partial charge in [-0.1, -0.05) is 12.1 Å². The minimum Gasteiger partial charge on any atom is -0.465 e. The number of halogens is 1. The van der Waals surface area contributed by atoms with Gasteiger partial charge in [-0.2, -0.15) is 0 Å². The van der Waals surface area contributed by atoms with Crippen LogP contribution in [0.1, 0.15) is 27.3 Å². The minimum absolute atomic E-state index is 0.00555. The van der Waals surface area contributed by atoms with Crippen molar-refractivity contribution in [3.63, 3.8) is 0 Å². The molecule has 1 N–H and O–H groups in total. The van der Waals surface area contributed by atoms with Gasteiger partial charge >= 0.3 is 12.0 Å². The van der Waals surface area contributed by atoms with Gasteiger partial charge in [0, 0.05) is 17.1 Å². The SMILES string of the molecule is COC(=O)c1cccc(-n2c(C)cc(/C=C3\C(=O)NC(=O)N(c4cccc(F)c4)C3=O)c2C)c1. The Hall–Kier alpha value is -4.53. The van der Waals surface area contributed by atoms with Crippen molar-refractivity contribution < 1.29 is 28.3 Å². The van der Waals surface area contributed by atoms with Crippen LogP contribution in [0.2, 0.25) is 0 Å². The Bertz CT molecular complexity index is 1390. The largest absolute Gasteiger partial charge is 0.465 e. The van der Waals surface area contributed by atoms with Gasteiger partial charge in [-0.25, -0.2) is 18.9 Å². The van der Waals surface area contributed by atoms with E-state index in [0.717, 1.165) is 16.7 Å². The van der Waals surface area contributed by atoms with E-state index < -0.39 is 29.6 Å². The minimum atomic E-state index is -0.956. The second-order valence-electron chi connectivity index (χ2n) is 7.64. The lowest BCUT2D eigenvalue weighted by Crippen LogP contribution is -2.54. The number of urea groups is 1. The number of aryl methyl sites for hydroxylation is 1. The molecular weight excluding hydrogens is 441 g/mol. The summed E-state index contributed by atoms with van der Waals surface area (Å²) in [5, 5.41) is 2.13. The molecule has 1 saturated heterocycles. The van der Waals surface area contributed by atoms with Gasteiger partial charge < -0.3 is 9.30 Å². The first-order valence-electron chi connectivity index (χ1n) is 10.3. The van der Waals surface area contributed by atoms with Crippen LogP contribution in [0.4, 0.5) is 14.9 Å². The van der Waals surface area contributed by atoms with Crippen molar-refractivity contribution >= 4 is 35.6 Å². The van der Waals surface area contributed by atoms with E-state index >= 15 is 0 Å². The molecule has 0 unspecified atom stereocenters. The van der Waals surface area contributed by atoms with Crippen molar-refractivity contribution in [2.24, 2.45) is 0 Å². The summed E-state index contributed by atoms with van der Waals surface area (Å²) < 4.78 is 20.3. The van der Waals surface area contributed by atoms with Crippen LogP contribution >= 0.6 is 0 Å². The third kappa shape index (κ3) is 3.99. The molecule has 4 rings (SSSR count). The molecule has 8 nitrogen and oxygen atoms in total. The topological polar surface area (TPSA) is 97.7 Å². The summed E-state index contributed by atoms with van der Waals surface area (Å²) in [6.07, 6.45) is 1.39. The molecule has 1 aliphatic rings. The summed E-state index contributed by atoms with van der Waals surface area (Å²) in [7, 11) is 1.30. The number of esters is 1. The van der Waals surface area contributed by atoms with Gasteiger partial charge in [-0.3, -0.25) is 14.9 Å². The molecule has 2 heterocycles. The Labute approximate surface area is 194 Å². The van der Waals surface area contributed by atoms with Crippen molar-refractivity contribution in [1.29, 1.82) is 0 Å². The van der Waals surface area contributed by atoms with E-state index in [1.165, 1.54) is 31.4 Å². The molecule has 1 aromatic heterocycles. The van der Waals surface area contributed by atoms with Gasteiger partial charge in [0.15, 0.2) is 0 Å². The van der Waals surface area contributed by atoms with Crippen molar-refractivity contribution in [2.75, 3.05) is 12.0 Å². The maximum Gasteiger partial charge on any atom is 0.337 e. The third-order valence-electron chi connectivity index (χ3n) is 5.46. The van der Waals surface area contributed by atoms with Crippen molar-refractivity contribution in [3.8, 4) is 5.69 Å². The number of anilines is 1. The molecule has 9 heteroatoms. The summed E-state index contributed by atoms with van der Waals surface area (Å²) in [6.45, 7) is 3.63. The number of methoxy groups -OCH3 is 1. The Morgan fingerprint density at radius 1 is 1.00 bits per heavy atom. The quantitative estimate of drug-likeness (QED) is 0.363. The van der Waals surface area contributed by atoms with E-state index in [1.807, 2.05) is 17.6 Å². The Morgan fingerprint density at radius 3 is 2.41 bits per heavy atom. The van der Waals surface area contributed by atoms with Gasteiger partial charge in [0.1, 0.15) is 11.4 Å². The molecule has 0 saturated carbocycles. The van der Waals surface area contributed by atoms with Gasteiger partial charge in [0.2, 0.25) is 0 Å². The van der Waals surface area contributed by atoms with Crippen LogP contribution in [0.15, 0.2) is 60.2 Å². The molecule has 0 bridgehead atoms. The maximum absolute atomic E-state index is 13.7. The van der Waals surface area contributed by atoms with Gasteiger partial charge in [0.05, 0.1) is 18.4 Å². The molecule has 4 amide bonds. The molecule has 0 aliphatic carbocycles. The molecular formula is C25H20FN3O5. The highest BCUT2D eigenvalue weighted by Crippen LogP contribution is 2.26. The van der Waals surface area contributed by atoms with E-state index in [1.54, 1.807) is 31.2 Å². The predicted molar refractivity (Wildman–Crippen MR) is 122 cm³/mol. The molecule has 2 aromatic carbocycles. The van der Waals surface area contributed by atoms with Crippen LogP contribution in [-0.2, 0) is 14.3 Å². The normalized spacial score (nSPS) is 15.0. The lowest BCUT2D eigenvalue weighted by atomic mass is 10.1. The zero-order chi connectivity index (χ0) is 24.6. The van der Waals surface area contributed by atoms with Crippen LogP contribution in [-0.4, -0.2) is 35.5 Å². The van der Waals surface area contributed by atoms with E-state index in [9.17, 15) is 23.6 Å². The van der Waals surface area contributed by atoms with Crippen LogP contribution < -0.4 is 10.2 Å². The molecule has 1 fully saturated rings. The molecule has 0 radical (unpaired) electrons. The Morgan fingerprint density at radius 2 is 1.71 bits per heavy atom. The number of nitrogens with zero attached hydrogens (tertiary/aromatic N) is 2. The van der Waals surface area contributed by atoms with E-state index in [-0.39, 0.29) is 11.3 Å². The summed E-state index contributed by atoms with van der Waals surface area (Å²) in [4.78, 5) is 50.6. The molecule has 0 atom stereocenters. The van der Waals surface area contributed by atoms with Crippen LogP contribution in [0.25, 0.3) is 11.8 Å². The fourth-order valence-electron chi connectivity index (χ4n) is 3.88. The van der Waals surface area contributed by atoms with Gasteiger partial charge in [-0.05, 0) is 68.0 Å². The van der Waals surface area contributed by atoms with E-state index in [0.29, 0.717) is 22.5 Å². The lowest BCUT2D eigenvalue weighted by molar-refractivity contribution is -0.122. The smallest absolute Gasteiger partial charge is 0.337 e. The number of carbonyl (C=O) groups is 4. The fraction of sp³-hybridized carbons (Fsp3) is 0.120. The second kappa shape index (κ2) is 8.78. The number of imide groups is 2. The Kier molecular flexibility index (Phi) is 5.85. The average Bonchev–Trinajstić information content (AvgIpc) is 3.08. The van der Waals surface area contributed by atoms with Crippen LogP contribution in [0, 0.1) is 19.7 Å². The van der Waals surface area contributed by atoms with Crippen LogP contribution in [0.3, 0.4) is 0 Å². The highest BCUT2D eigenvalue weighted by molar-refractivity contribution is 6.39. The number of hydrogen-bond donors (Lipinski definition) is 1. The van der Waals surface area contributed by atoms with Crippen molar-refractivity contribution in [1.82, 2.24) is 9.88 Å². The number of aromatic nitrogens is 1. The third-order valence-corrected chi connectivity index (χ3v) is 5.46. The monoisotopic (exact) mass is 461 g/mol. The van der Waals surface area contributed by atoms with Crippen molar-refractivity contribution in [2.45, 2.75) is 13.8 Å². The number of benzene rings is 2. The summed E-state index contributed by atoms with van der Waals surface area (Å²) in [6, 6.07) is 12.6. The zero-order valence-electron chi connectivity index (χ0n) is 18.6. The van der Waals surface area contributed by atoms with Crippen LogP contribution in [0.5, 0.6) is 0 Å². The highest BCUT2D eigenvalue weighted by Gasteiger charge is 2.37. The number of hydrogen-bond acceptors (Lipinski definition) is 5. The highest BCUT2D eigenvalue weighted by atomic mass is 19.1. The average molecular weight is 461 g/mol. The molecule has 34 heavy (non-hydrogen) atoms. The lowest BCUT2D eigenvalue weighted by Gasteiger charge is -2.26. The van der Waals surface area contributed by atoms with Crippen molar-refractivity contribution in [3.05, 3.63) is 88.5 Å². The molecule has 0 spiro atoms. The zero-order valence-corrected chi connectivity index (χ0v) is 18.6. The maximum atomic E-state index is 13.7. The fourth-order valence-corrected chi connectivity index (χ4v) is 3.88. The number of ether oxygens (including phenoxy) is 1. The number of barbiturate groups is 1. The number of carbonyl (C=O) groups excluding carboxylic acids is 4. The Balaban J connectivity index is 1.76. The number of rotatable bonds is 4. The predicted octanol–water partition coefficient (Wildman–Crippen LogP) is 3.69. The van der Waals surface area contributed by atoms with Gasteiger partial charge in [-0.15, -0.1) is 0 Å². The summed E-state index contributed by atoms with van der Waals surface area (Å²) >= 11 is 0. The summed E-state index contributed by atoms with van der Waals surface area (Å²) in [5.74, 6) is -2.81. The molecule has 1 aliphatic heterocycles. The van der Waals surface area contributed by atoms with Gasteiger partial charge in [0.25, 0.3) is 11.8 Å².